The number of rotatable bonds is 4. The highest BCUT2D eigenvalue weighted by molar-refractivity contribution is 5.72. The van der Waals surface area contributed by atoms with Gasteiger partial charge in [-0.2, -0.15) is 0 Å². The summed E-state index contributed by atoms with van der Waals surface area (Å²) in [6.07, 6.45) is 2.96. The number of aliphatic carboxylic acids is 1. The zero-order valence-corrected chi connectivity index (χ0v) is 8.23. The van der Waals surface area contributed by atoms with E-state index >= 15 is 0 Å². The molecule has 0 fully saturated rings. The molecule has 1 aromatic rings. The number of ether oxygens (including phenoxy) is 1. The van der Waals surface area contributed by atoms with Crippen LogP contribution >= 0.6 is 0 Å². The van der Waals surface area contributed by atoms with Crippen LogP contribution in [0.15, 0.2) is 18.5 Å². The third-order valence-electron chi connectivity index (χ3n) is 2.10. The second-order valence-corrected chi connectivity index (χ2v) is 3.07. The molecule has 0 aliphatic carbocycles. The number of aryl methyl sites for hydroxylation is 1. The molecule has 0 radical (unpaired) electrons. The first-order valence-electron chi connectivity index (χ1n) is 4.30. The number of carbonyl (C=O) groups is 1. The Hall–Kier alpha value is -1.42. The third-order valence-corrected chi connectivity index (χ3v) is 2.10. The highest BCUT2D eigenvalue weighted by Crippen LogP contribution is 2.09. The van der Waals surface area contributed by atoms with Gasteiger partial charge < -0.3 is 9.84 Å². The molecule has 14 heavy (non-hydrogen) atoms. The lowest BCUT2D eigenvalue weighted by atomic mass is 10.1. The lowest BCUT2D eigenvalue weighted by Crippen LogP contribution is -2.25. The van der Waals surface area contributed by atoms with Crippen molar-refractivity contribution in [2.24, 2.45) is 0 Å². The minimum atomic E-state index is -0.941. The van der Waals surface area contributed by atoms with Gasteiger partial charge in [-0.05, 0) is 24.1 Å². The molecule has 1 rings (SSSR count). The van der Waals surface area contributed by atoms with E-state index in [2.05, 4.69) is 4.98 Å². The first kappa shape index (κ1) is 10.7. The van der Waals surface area contributed by atoms with Crippen LogP contribution in [0.1, 0.15) is 11.1 Å². The molecular weight excluding hydrogens is 182 g/mol. The fourth-order valence-corrected chi connectivity index (χ4v) is 1.20. The van der Waals surface area contributed by atoms with Crippen LogP contribution in [0.5, 0.6) is 0 Å². The Labute approximate surface area is 82.5 Å². The van der Waals surface area contributed by atoms with Gasteiger partial charge in [-0.25, -0.2) is 4.79 Å². The lowest BCUT2D eigenvalue weighted by Gasteiger charge is -2.11. The molecule has 0 amide bonds. The van der Waals surface area contributed by atoms with Gasteiger partial charge in [0.1, 0.15) is 0 Å². The van der Waals surface area contributed by atoms with Gasteiger partial charge >= 0.3 is 5.97 Å². The summed E-state index contributed by atoms with van der Waals surface area (Å²) in [4.78, 5) is 14.6. The number of carboxylic acids is 1. The second-order valence-electron chi connectivity index (χ2n) is 3.07. The summed E-state index contributed by atoms with van der Waals surface area (Å²) in [5.74, 6) is -0.941. The van der Waals surface area contributed by atoms with Gasteiger partial charge in [0.2, 0.25) is 0 Å². The molecule has 0 saturated carbocycles. The van der Waals surface area contributed by atoms with Crippen molar-refractivity contribution in [2.45, 2.75) is 19.4 Å². The van der Waals surface area contributed by atoms with Gasteiger partial charge in [-0.15, -0.1) is 0 Å². The minimum Gasteiger partial charge on any atom is -0.479 e. The first-order valence-corrected chi connectivity index (χ1v) is 4.30. The van der Waals surface area contributed by atoms with E-state index in [-0.39, 0.29) is 0 Å². The van der Waals surface area contributed by atoms with Crippen molar-refractivity contribution in [1.29, 1.82) is 0 Å². The van der Waals surface area contributed by atoms with E-state index in [0.717, 1.165) is 11.1 Å². The van der Waals surface area contributed by atoms with Crippen LogP contribution in [0.2, 0.25) is 0 Å². The summed E-state index contributed by atoms with van der Waals surface area (Å²) in [6, 6.07) is 1.81. The zero-order chi connectivity index (χ0) is 10.6. The number of carboxylic acid groups (broad SMARTS) is 1. The molecule has 1 aromatic heterocycles. The van der Waals surface area contributed by atoms with Gasteiger partial charge in [-0.3, -0.25) is 4.98 Å². The minimum absolute atomic E-state index is 0.375. The number of hydrogen-bond acceptors (Lipinski definition) is 3. The van der Waals surface area contributed by atoms with Crippen molar-refractivity contribution >= 4 is 5.97 Å². The quantitative estimate of drug-likeness (QED) is 0.779. The normalized spacial score (nSPS) is 12.4. The molecule has 0 bridgehead atoms. The number of methoxy groups -OCH3 is 1. The molecule has 1 unspecified atom stereocenters. The van der Waals surface area contributed by atoms with Crippen molar-refractivity contribution in [3.63, 3.8) is 0 Å². The molecule has 1 N–H and O–H groups in total. The Morgan fingerprint density at radius 3 is 2.93 bits per heavy atom. The summed E-state index contributed by atoms with van der Waals surface area (Å²) >= 11 is 0. The van der Waals surface area contributed by atoms with Gasteiger partial charge in [0.15, 0.2) is 6.10 Å². The van der Waals surface area contributed by atoms with E-state index in [1.807, 2.05) is 13.0 Å². The van der Waals surface area contributed by atoms with E-state index in [0.29, 0.717) is 6.42 Å². The zero-order valence-electron chi connectivity index (χ0n) is 8.23. The fraction of sp³-hybridized carbons (Fsp3) is 0.400. The smallest absolute Gasteiger partial charge is 0.333 e. The van der Waals surface area contributed by atoms with Crippen molar-refractivity contribution in [3.8, 4) is 0 Å². The predicted octanol–water partition coefficient (Wildman–Crippen LogP) is 1.03. The monoisotopic (exact) mass is 195 g/mol. The average Bonchev–Trinajstić information content (AvgIpc) is 2.16. The summed E-state index contributed by atoms with van der Waals surface area (Å²) in [6.45, 7) is 1.90. The maximum Gasteiger partial charge on any atom is 0.333 e. The van der Waals surface area contributed by atoms with E-state index in [4.69, 9.17) is 9.84 Å². The topological polar surface area (TPSA) is 59.4 Å². The summed E-state index contributed by atoms with van der Waals surface area (Å²) in [7, 11) is 1.40. The Morgan fingerprint density at radius 1 is 1.71 bits per heavy atom. The molecule has 0 aromatic carbocycles. The van der Waals surface area contributed by atoms with Crippen LogP contribution in [-0.4, -0.2) is 29.3 Å². The molecule has 76 valence electrons. The first-order chi connectivity index (χ1) is 6.65. The predicted molar refractivity (Wildman–Crippen MR) is 51.1 cm³/mol. The van der Waals surface area contributed by atoms with Crippen molar-refractivity contribution < 1.29 is 14.6 Å². The molecule has 4 heteroatoms. The highest BCUT2D eigenvalue weighted by atomic mass is 16.5. The van der Waals surface area contributed by atoms with Crippen molar-refractivity contribution in [3.05, 3.63) is 29.6 Å². The van der Waals surface area contributed by atoms with Crippen LogP contribution in [-0.2, 0) is 16.0 Å². The number of hydrogen-bond donors (Lipinski definition) is 1. The molecule has 0 aliphatic heterocycles. The van der Waals surface area contributed by atoms with Crippen LogP contribution < -0.4 is 0 Å². The highest BCUT2D eigenvalue weighted by Gasteiger charge is 2.17. The Balaban J connectivity index is 2.77. The van der Waals surface area contributed by atoms with Crippen molar-refractivity contribution in [2.75, 3.05) is 7.11 Å². The lowest BCUT2D eigenvalue weighted by molar-refractivity contribution is -0.148. The molecule has 1 atom stereocenters. The van der Waals surface area contributed by atoms with Gasteiger partial charge in [0, 0.05) is 25.9 Å². The Kier molecular flexibility index (Phi) is 3.59. The largest absolute Gasteiger partial charge is 0.479 e. The summed E-state index contributed by atoms with van der Waals surface area (Å²) in [5.41, 5.74) is 1.94. The molecular formula is C10H13NO3. The number of nitrogens with zero attached hydrogens (tertiary/aromatic N) is 1. The average molecular weight is 195 g/mol. The Morgan fingerprint density at radius 2 is 2.43 bits per heavy atom. The number of pyridine rings is 1. The molecule has 0 saturated heterocycles. The van der Waals surface area contributed by atoms with E-state index < -0.39 is 12.1 Å². The van der Waals surface area contributed by atoms with Gasteiger partial charge in [-0.1, -0.05) is 0 Å². The Bertz CT molecular complexity index is 325. The molecule has 0 aliphatic rings. The van der Waals surface area contributed by atoms with E-state index in [1.165, 1.54) is 7.11 Å². The van der Waals surface area contributed by atoms with Crippen LogP contribution in [0.25, 0.3) is 0 Å². The molecule has 4 nitrogen and oxygen atoms in total. The van der Waals surface area contributed by atoms with Gasteiger partial charge in [0.25, 0.3) is 0 Å². The van der Waals surface area contributed by atoms with Crippen molar-refractivity contribution in [1.82, 2.24) is 4.98 Å². The van der Waals surface area contributed by atoms with Gasteiger partial charge in [0.05, 0.1) is 0 Å². The van der Waals surface area contributed by atoms with Crippen LogP contribution in [0, 0.1) is 6.92 Å². The SMILES string of the molecule is COC(Cc1ccncc1C)C(=O)O. The maximum absolute atomic E-state index is 10.7. The van der Waals surface area contributed by atoms with Crippen LogP contribution in [0.3, 0.4) is 0 Å². The fourth-order valence-electron chi connectivity index (χ4n) is 1.20. The standard InChI is InChI=1S/C10H13NO3/c1-7-6-11-4-3-8(7)5-9(14-2)10(12)13/h3-4,6,9H,5H2,1-2H3,(H,12,13). The second kappa shape index (κ2) is 4.72. The summed E-state index contributed by atoms with van der Waals surface area (Å²) < 4.78 is 4.85. The maximum atomic E-state index is 10.7. The van der Waals surface area contributed by atoms with E-state index in [1.54, 1.807) is 12.4 Å². The van der Waals surface area contributed by atoms with E-state index in [9.17, 15) is 4.79 Å². The third kappa shape index (κ3) is 2.53. The molecule has 1 heterocycles. The summed E-state index contributed by atoms with van der Waals surface area (Å²) in [5, 5.41) is 8.78. The van der Waals surface area contributed by atoms with Crippen LogP contribution in [0.4, 0.5) is 0 Å². The number of aromatic nitrogens is 1. The molecule has 0 spiro atoms.